The number of nitrogens with one attached hydrogen (secondary N) is 1. The summed E-state index contributed by atoms with van der Waals surface area (Å²) in [6.07, 6.45) is 0. The van der Waals surface area contributed by atoms with Crippen LogP contribution in [-0.4, -0.2) is 20.9 Å². The highest BCUT2D eigenvalue weighted by molar-refractivity contribution is 7.92. The van der Waals surface area contributed by atoms with Crippen LogP contribution in [0.15, 0.2) is 71.6 Å². The standard InChI is InChI=1S/C22H20Cl2N2O3S/c1-15-8-6-9-16(2)22(15)25-20(27)14-26(19-13-7-12-18(23)21(19)24)30(28,29)17-10-4-3-5-11-17/h3-13H,14H2,1-2H3,(H,25,27). The Kier molecular flexibility index (Phi) is 6.71. The summed E-state index contributed by atoms with van der Waals surface area (Å²) in [5.41, 5.74) is 2.53. The number of amides is 1. The van der Waals surface area contributed by atoms with Crippen LogP contribution in [0.25, 0.3) is 0 Å². The van der Waals surface area contributed by atoms with E-state index in [0.29, 0.717) is 5.69 Å². The molecule has 0 aromatic heterocycles. The van der Waals surface area contributed by atoms with Gasteiger partial charge in [0.25, 0.3) is 10.0 Å². The van der Waals surface area contributed by atoms with Crippen molar-refractivity contribution in [3.8, 4) is 0 Å². The molecule has 0 saturated carbocycles. The molecule has 3 rings (SSSR count). The van der Waals surface area contributed by atoms with Gasteiger partial charge in [-0.1, -0.05) is 65.7 Å². The summed E-state index contributed by atoms with van der Waals surface area (Å²) >= 11 is 12.4. The highest BCUT2D eigenvalue weighted by atomic mass is 35.5. The van der Waals surface area contributed by atoms with Crippen molar-refractivity contribution in [2.24, 2.45) is 0 Å². The molecule has 0 aliphatic carbocycles. The summed E-state index contributed by atoms with van der Waals surface area (Å²) in [7, 11) is -4.07. The van der Waals surface area contributed by atoms with Crippen molar-refractivity contribution in [1.29, 1.82) is 0 Å². The first kappa shape index (κ1) is 22.2. The molecule has 0 bridgehead atoms. The van der Waals surface area contributed by atoms with E-state index in [1.54, 1.807) is 30.3 Å². The zero-order valence-electron chi connectivity index (χ0n) is 16.4. The molecule has 156 valence electrons. The van der Waals surface area contributed by atoms with Gasteiger partial charge in [-0.15, -0.1) is 0 Å². The first-order chi connectivity index (χ1) is 14.2. The van der Waals surface area contributed by atoms with Gasteiger partial charge in [0.15, 0.2) is 0 Å². The Morgan fingerprint density at radius 3 is 2.13 bits per heavy atom. The molecule has 0 aliphatic heterocycles. The fourth-order valence-electron chi connectivity index (χ4n) is 3.03. The SMILES string of the molecule is Cc1cccc(C)c1NC(=O)CN(c1cccc(Cl)c1Cl)S(=O)(=O)c1ccccc1. The van der Waals surface area contributed by atoms with Gasteiger partial charge in [-0.05, 0) is 49.2 Å². The maximum absolute atomic E-state index is 13.4. The highest BCUT2D eigenvalue weighted by Gasteiger charge is 2.29. The molecule has 0 atom stereocenters. The number of hydrogen-bond acceptors (Lipinski definition) is 3. The Hall–Kier alpha value is -2.54. The first-order valence-corrected chi connectivity index (χ1v) is 11.3. The number of halogens is 2. The molecule has 1 amide bonds. The minimum atomic E-state index is -4.07. The summed E-state index contributed by atoms with van der Waals surface area (Å²) in [4.78, 5) is 12.9. The second-order valence-corrected chi connectivity index (χ2v) is 9.36. The van der Waals surface area contributed by atoms with Crippen LogP contribution in [0, 0.1) is 13.8 Å². The molecular formula is C22H20Cl2N2O3S. The van der Waals surface area contributed by atoms with Crippen LogP contribution < -0.4 is 9.62 Å². The van der Waals surface area contributed by atoms with Gasteiger partial charge in [-0.2, -0.15) is 0 Å². The number of carbonyl (C=O) groups excluding carboxylic acids is 1. The van der Waals surface area contributed by atoms with E-state index in [1.165, 1.54) is 18.2 Å². The van der Waals surface area contributed by atoms with Crippen molar-refractivity contribution in [2.45, 2.75) is 18.7 Å². The molecule has 0 saturated heterocycles. The fourth-order valence-corrected chi connectivity index (χ4v) is 4.93. The van der Waals surface area contributed by atoms with Crippen molar-refractivity contribution in [3.05, 3.63) is 87.9 Å². The zero-order valence-corrected chi connectivity index (χ0v) is 18.7. The van der Waals surface area contributed by atoms with Crippen LogP contribution in [0.3, 0.4) is 0 Å². The van der Waals surface area contributed by atoms with Gasteiger partial charge < -0.3 is 5.32 Å². The maximum atomic E-state index is 13.4. The van der Waals surface area contributed by atoms with Gasteiger partial charge in [0.2, 0.25) is 5.91 Å². The van der Waals surface area contributed by atoms with Crippen LogP contribution in [0.4, 0.5) is 11.4 Å². The van der Waals surface area contributed by atoms with Crippen molar-refractivity contribution < 1.29 is 13.2 Å². The minimum absolute atomic E-state index is 0.0425. The summed E-state index contributed by atoms with van der Waals surface area (Å²) in [5, 5.41) is 3.06. The number of anilines is 2. The van der Waals surface area contributed by atoms with Crippen LogP contribution in [0.2, 0.25) is 10.0 Å². The smallest absolute Gasteiger partial charge is 0.264 e. The minimum Gasteiger partial charge on any atom is -0.324 e. The summed E-state index contributed by atoms with van der Waals surface area (Å²) in [5.74, 6) is -0.497. The van der Waals surface area contributed by atoms with E-state index in [2.05, 4.69) is 5.32 Å². The largest absolute Gasteiger partial charge is 0.324 e. The number of hydrogen-bond donors (Lipinski definition) is 1. The number of carbonyl (C=O) groups is 1. The van der Waals surface area contributed by atoms with Crippen molar-refractivity contribution >= 4 is 50.5 Å². The van der Waals surface area contributed by atoms with Crippen molar-refractivity contribution in [1.82, 2.24) is 0 Å². The second-order valence-electron chi connectivity index (χ2n) is 6.71. The summed E-state index contributed by atoms with van der Waals surface area (Å²) in [6, 6.07) is 18.1. The molecule has 1 N–H and O–H groups in total. The fraction of sp³-hybridized carbons (Fsp3) is 0.136. The molecule has 3 aromatic rings. The van der Waals surface area contributed by atoms with E-state index in [4.69, 9.17) is 23.2 Å². The average Bonchev–Trinajstić information content (AvgIpc) is 2.72. The normalized spacial score (nSPS) is 11.2. The second kappa shape index (κ2) is 9.08. The quantitative estimate of drug-likeness (QED) is 0.529. The molecule has 8 heteroatoms. The molecule has 3 aromatic carbocycles. The summed E-state index contributed by atoms with van der Waals surface area (Å²) in [6.45, 7) is 3.27. The number of nitrogens with zero attached hydrogens (tertiary/aromatic N) is 1. The monoisotopic (exact) mass is 462 g/mol. The maximum Gasteiger partial charge on any atom is 0.264 e. The lowest BCUT2D eigenvalue weighted by Gasteiger charge is -2.25. The number of aryl methyl sites for hydroxylation is 2. The Bertz CT molecular complexity index is 1160. The van der Waals surface area contributed by atoms with E-state index in [1.807, 2.05) is 32.0 Å². The molecule has 0 aliphatic rings. The lowest BCUT2D eigenvalue weighted by atomic mass is 10.1. The predicted molar refractivity (Wildman–Crippen MR) is 122 cm³/mol. The molecule has 0 heterocycles. The highest BCUT2D eigenvalue weighted by Crippen LogP contribution is 2.35. The third-order valence-corrected chi connectivity index (χ3v) is 7.15. The lowest BCUT2D eigenvalue weighted by Crippen LogP contribution is -2.38. The van der Waals surface area contributed by atoms with Crippen LogP contribution in [0.5, 0.6) is 0 Å². The average molecular weight is 463 g/mol. The van der Waals surface area contributed by atoms with Gasteiger partial charge >= 0.3 is 0 Å². The third-order valence-electron chi connectivity index (χ3n) is 4.56. The number of sulfonamides is 1. The van der Waals surface area contributed by atoms with Crippen molar-refractivity contribution in [2.75, 3.05) is 16.2 Å². The molecular weight excluding hydrogens is 443 g/mol. The number of para-hydroxylation sites is 1. The number of benzene rings is 3. The van der Waals surface area contributed by atoms with Crippen LogP contribution in [0.1, 0.15) is 11.1 Å². The Morgan fingerprint density at radius 1 is 0.900 bits per heavy atom. The Morgan fingerprint density at radius 2 is 1.50 bits per heavy atom. The van der Waals surface area contributed by atoms with E-state index < -0.39 is 22.5 Å². The van der Waals surface area contributed by atoms with Gasteiger partial charge in [-0.3, -0.25) is 9.10 Å². The van der Waals surface area contributed by atoms with Gasteiger partial charge in [0.1, 0.15) is 6.54 Å². The van der Waals surface area contributed by atoms with Gasteiger partial charge in [0.05, 0.1) is 20.6 Å². The van der Waals surface area contributed by atoms with E-state index in [0.717, 1.165) is 15.4 Å². The topological polar surface area (TPSA) is 66.5 Å². The van der Waals surface area contributed by atoms with Crippen LogP contribution >= 0.6 is 23.2 Å². The van der Waals surface area contributed by atoms with Crippen LogP contribution in [-0.2, 0) is 14.8 Å². The third kappa shape index (κ3) is 4.61. The molecule has 30 heavy (non-hydrogen) atoms. The van der Waals surface area contributed by atoms with Gasteiger partial charge in [0, 0.05) is 5.69 Å². The van der Waals surface area contributed by atoms with E-state index in [-0.39, 0.29) is 20.6 Å². The predicted octanol–water partition coefficient (Wildman–Crippen LogP) is 5.44. The molecule has 0 radical (unpaired) electrons. The number of rotatable bonds is 6. The van der Waals surface area contributed by atoms with Gasteiger partial charge in [-0.25, -0.2) is 8.42 Å². The van der Waals surface area contributed by atoms with E-state index >= 15 is 0 Å². The summed E-state index contributed by atoms with van der Waals surface area (Å²) < 4.78 is 27.7. The molecule has 0 fully saturated rings. The molecule has 0 unspecified atom stereocenters. The lowest BCUT2D eigenvalue weighted by molar-refractivity contribution is -0.114. The first-order valence-electron chi connectivity index (χ1n) is 9.09. The Balaban J connectivity index is 2.02. The Labute approximate surface area is 186 Å². The van der Waals surface area contributed by atoms with E-state index in [9.17, 15) is 13.2 Å². The van der Waals surface area contributed by atoms with Crippen molar-refractivity contribution in [3.63, 3.8) is 0 Å². The molecule has 5 nitrogen and oxygen atoms in total. The zero-order chi connectivity index (χ0) is 21.9. The molecule has 0 spiro atoms.